The summed E-state index contributed by atoms with van der Waals surface area (Å²) in [5.74, 6) is 0.349. The summed E-state index contributed by atoms with van der Waals surface area (Å²) in [6.45, 7) is 1.29. The Kier molecular flexibility index (Phi) is 5.10. The average Bonchev–Trinajstić information content (AvgIpc) is 3.26. The number of carbonyl (C=O) groups is 1. The summed E-state index contributed by atoms with van der Waals surface area (Å²) in [5.41, 5.74) is 0.460. The van der Waals surface area contributed by atoms with Crippen molar-refractivity contribution in [2.24, 2.45) is 0 Å². The Morgan fingerprint density at radius 2 is 1.83 bits per heavy atom. The van der Waals surface area contributed by atoms with E-state index in [2.05, 4.69) is 0 Å². The molecule has 1 spiro atoms. The van der Waals surface area contributed by atoms with Crippen LogP contribution in [0.4, 0.5) is 0 Å². The van der Waals surface area contributed by atoms with Gasteiger partial charge >= 0.3 is 0 Å². The zero-order chi connectivity index (χ0) is 20.6. The van der Waals surface area contributed by atoms with E-state index in [-0.39, 0.29) is 19.1 Å². The molecule has 1 atom stereocenters. The van der Waals surface area contributed by atoms with Crippen molar-refractivity contribution in [1.29, 1.82) is 0 Å². The van der Waals surface area contributed by atoms with Gasteiger partial charge in [-0.2, -0.15) is 4.31 Å². The third-order valence-corrected chi connectivity index (χ3v) is 7.83. The molecule has 1 saturated heterocycles. The first-order valence-corrected chi connectivity index (χ1v) is 10.9. The highest BCUT2D eigenvalue weighted by Crippen LogP contribution is 2.49. The van der Waals surface area contributed by atoms with Crippen molar-refractivity contribution >= 4 is 15.9 Å². The lowest BCUT2D eigenvalue weighted by atomic mass is 9.89. The van der Waals surface area contributed by atoms with Gasteiger partial charge in [0.25, 0.3) is 5.91 Å². The highest BCUT2D eigenvalue weighted by molar-refractivity contribution is 7.89. The average molecular weight is 416 g/mol. The number of methoxy groups -OCH3 is 2. The van der Waals surface area contributed by atoms with Gasteiger partial charge in [0.1, 0.15) is 5.75 Å². The molecule has 0 N–H and O–H groups in total. The smallest absolute Gasteiger partial charge is 0.257 e. The molecule has 0 radical (unpaired) electrons. The maximum Gasteiger partial charge on any atom is 0.257 e. The van der Waals surface area contributed by atoms with E-state index in [9.17, 15) is 13.2 Å². The van der Waals surface area contributed by atoms with Crippen LogP contribution in [0.25, 0.3) is 0 Å². The number of rotatable bonds is 5. The lowest BCUT2D eigenvalue weighted by molar-refractivity contribution is 0.0751. The van der Waals surface area contributed by atoms with Crippen LogP contribution in [0.5, 0.6) is 5.75 Å². The van der Waals surface area contributed by atoms with E-state index in [1.807, 2.05) is 18.2 Å². The number of ether oxygens (including phenoxy) is 2. The van der Waals surface area contributed by atoms with Crippen LogP contribution in [-0.4, -0.2) is 64.0 Å². The summed E-state index contributed by atoms with van der Waals surface area (Å²) in [6, 6.07) is 14.2. The molecule has 2 aliphatic heterocycles. The molecular weight excluding hydrogens is 392 g/mol. The minimum Gasteiger partial charge on any atom is -0.496 e. The number of carbonyl (C=O) groups excluding carboxylic acids is 1. The summed E-state index contributed by atoms with van der Waals surface area (Å²) in [6.07, 6.45) is 0.536. The topological polar surface area (TPSA) is 76.2 Å². The molecule has 154 valence electrons. The van der Waals surface area contributed by atoms with Crippen LogP contribution in [0.3, 0.4) is 0 Å². The van der Waals surface area contributed by atoms with Crippen molar-refractivity contribution in [3.8, 4) is 5.75 Å². The van der Waals surface area contributed by atoms with E-state index in [4.69, 9.17) is 9.47 Å². The predicted octanol–water partition coefficient (Wildman–Crippen LogP) is 2.09. The fourth-order valence-corrected chi connectivity index (χ4v) is 6.50. The summed E-state index contributed by atoms with van der Waals surface area (Å²) >= 11 is 0. The standard InChI is InChI=1S/C21H24N2O5S/c1-27-14-13-23-21(17-8-4-6-10-19(17)29(23,25)26)11-12-22(15-21)20(24)16-7-3-5-9-18(16)28-2/h3-10H,11-15H2,1-2H3/t21-/m1/s1. The van der Waals surface area contributed by atoms with Gasteiger partial charge in [-0.15, -0.1) is 0 Å². The molecular formula is C21H24N2O5S. The van der Waals surface area contributed by atoms with Gasteiger partial charge in [-0.25, -0.2) is 8.42 Å². The first kappa shape index (κ1) is 19.9. The Balaban J connectivity index is 1.73. The molecule has 2 aliphatic rings. The maximum absolute atomic E-state index is 13.2. The molecule has 0 aromatic heterocycles. The summed E-state index contributed by atoms with van der Waals surface area (Å²) < 4.78 is 38.5. The molecule has 2 aromatic carbocycles. The molecule has 29 heavy (non-hydrogen) atoms. The Labute approximate surface area is 170 Å². The number of nitrogens with zero attached hydrogens (tertiary/aromatic N) is 2. The highest BCUT2D eigenvalue weighted by atomic mass is 32.2. The van der Waals surface area contributed by atoms with Crippen molar-refractivity contribution in [2.45, 2.75) is 16.9 Å². The number of hydrogen-bond acceptors (Lipinski definition) is 5. The van der Waals surface area contributed by atoms with E-state index in [0.717, 1.165) is 5.56 Å². The summed E-state index contributed by atoms with van der Waals surface area (Å²) in [5, 5.41) is 0. The first-order valence-electron chi connectivity index (χ1n) is 9.49. The fraction of sp³-hybridized carbons (Fsp3) is 0.381. The Hall–Kier alpha value is -2.42. The highest BCUT2D eigenvalue weighted by Gasteiger charge is 2.57. The van der Waals surface area contributed by atoms with Crippen molar-refractivity contribution in [1.82, 2.24) is 9.21 Å². The lowest BCUT2D eigenvalue weighted by Crippen LogP contribution is -2.47. The third-order valence-electron chi connectivity index (χ3n) is 5.80. The van der Waals surface area contributed by atoms with Gasteiger partial charge in [-0.05, 0) is 30.2 Å². The van der Waals surface area contributed by atoms with E-state index in [1.165, 1.54) is 11.4 Å². The SMILES string of the molecule is COCCN1[C@@]2(CCN(C(=O)c3ccccc3OC)C2)c2ccccc2S1(=O)=O. The molecule has 0 aliphatic carbocycles. The Morgan fingerprint density at radius 3 is 2.59 bits per heavy atom. The summed E-state index contributed by atoms with van der Waals surface area (Å²) in [7, 11) is -0.564. The quantitative estimate of drug-likeness (QED) is 0.746. The molecule has 8 heteroatoms. The van der Waals surface area contributed by atoms with Crippen LogP contribution >= 0.6 is 0 Å². The molecule has 0 saturated carbocycles. The normalized spacial score (nSPS) is 22.8. The minimum atomic E-state index is -3.65. The predicted molar refractivity (Wildman–Crippen MR) is 107 cm³/mol. The second-order valence-electron chi connectivity index (χ2n) is 7.27. The van der Waals surface area contributed by atoms with Crippen LogP contribution in [0, 0.1) is 0 Å². The van der Waals surface area contributed by atoms with Gasteiger partial charge in [-0.1, -0.05) is 30.3 Å². The third kappa shape index (κ3) is 3.02. The van der Waals surface area contributed by atoms with Gasteiger partial charge in [0, 0.05) is 26.7 Å². The number of likely N-dealkylation sites (tertiary alicyclic amines) is 1. The Morgan fingerprint density at radius 1 is 1.10 bits per heavy atom. The molecule has 2 aromatic rings. The van der Waals surface area contributed by atoms with Crippen molar-refractivity contribution in [3.05, 3.63) is 59.7 Å². The van der Waals surface area contributed by atoms with Crippen LogP contribution in [0.15, 0.2) is 53.4 Å². The van der Waals surface area contributed by atoms with E-state index in [0.29, 0.717) is 35.7 Å². The van der Waals surface area contributed by atoms with Crippen molar-refractivity contribution in [2.75, 3.05) is 40.5 Å². The number of hydrogen-bond donors (Lipinski definition) is 0. The molecule has 0 unspecified atom stereocenters. The molecule has 7 nitrogen and oxygen atoms in total. The molecule has 1 fully saturated rings. The number of para-hydroxylation sites is 1. The zero-order valence-electron chi connectivity index (χ0n) is 16.5. The van der Waals surface area contributed by atoms with Gasteiger partial charge in [0.05, 0.1) is 29.7 Å². The van der Waals surface area contributed by atoms with Crippen LogP contribution in [-0.2, 0) is 20.3 Å². The van der Waals surface area contributed by atoms with Crippen LogP contribution in [0.1, 0.15) is 22.3 Å². The largest absolute Gasteiger partial charge is 0.496 e. The van der Waals surface area contributed by atoms with E-state index in [1.54, 1.807) is 42.3 Å². The fourth-order valence-electron chi connectivity index (χ4n) is 4.45. The number of sulfonamides is 1. The number of amides is 1. The van der Waals surface area contributed by atoms with Crippen LogP contribution in [0.2, 0.25) is 0 Å². The van der Waals surface area contributed by atoms with Crippen molar-refractivity contribution < 1.29 is 22.7 Å². The van der Waals surface area contributed by atoms with Gasteiger partial charge in [-0.3, -0.25) is 4.79 Å². The second-order valence-corrected chi connectivity index (χ2v) is 9.11. The van der Waals surface area contributed by atoms with Gasteiger partial charge in [0.2, 0.25) is 10.0 Å². The number of benzene rings is 2. The van der Waals surface area contributed by atoms with Crippen LogP contribution < -0.4 is 4.74 Å². The van der Waals surface area contributed by atoms with Gasteiger partial charge in [0.15, 0.2) is 0 Å². The van der Waals surface area contributed by atoms with Crippen molar-refractivity contribution in [3.63, 3.8) is 0 Å². The molecule has 0 bridgehead atoms. The zero-order valence-corrected chi connectivity index (χ0v) is 17.3. The first-order chi connectivity index (χ1) is 14.0. The second kappa shape index (κ2) is 7.44. The van der Waals surface area contributed by atoms with E-state index < -0.39 is 15.6 Å². The molecule has 1 amide bonds. The molecule has 2 heterocycles. The lowest BCUT2D eigenvalue weighted by Gasteiger charge is -2.34. The maximum atomic E-state index is 13.2. The Bertz CT molecular complexity index is 1040. The summed E-state index contributed by atoms with van der Waals surface area (Å²) in [4.78, 5) is 15.3. The van der Waals surface area contributed by atoms with E-state index >= 15 is 0 Å². The number of fused-ring (bicyclic) bond motifs is 2. The minimum absolute atomic E-state index is 0.159. The monoisotopic (exact) mass is 416 g/mol. The van der Waals surface area contributed by atoms with Gasteiger partial charge < -0.3 is 14.4 Å². The molecule has 4 rings (SSSR count).